The fraction of sp³-hybridized carbons (Fsp3) is 0.308. The Balaban J connectivity index is 1.79. The van der Waals surface area contributed by atoms with Crippen LogP contribution in [0.5, 0.6) is 0 Å². The van der Waals surface area contributed by atoms with Crippen molar-refractivity contribution in [1.82, 2.24) is 14.9 Å². The molecule has 0 aliphatic carbocycles. The van der Waals surface area contributed by atoms with Crippen LogP contribution in [0, 0.1) is 12.8 Å². The van der Waals surface area contributed by atoms with Crippen molar-refractivity contribution in [2.45, 2.75) is 26.7 Å². The van der Waals surface area contributed by atoms with Crippen molar-refractivity contribution >= 4 is 23.3 Å². The normalized spacial score (nSPS) is 15.8. The molecule has 0 bridgehead atoms. The number of carbonyl (C=O) groups is 2. The Morgan fingerprint density at radius 3 is 2.64 bits per heavy atom. The van der Waals surface area contributed by atoms with E-state index in [2.05, 4.69) is 11.1 Å². The van der Waals surface area contributed by atoms with Crippen molar-refractivity contribution < 1.29 is 9.59 Å². The second kappa shape index (κ2) is 9.81. The maximum Gasteiger partial charge on any atom is 0.259 e. The zero-order valence-electron chi connectivity index (χ0n) is 19.1. The number of nitrogens with zero attached hydrogens (tertiary/aromatic N) is 4. The molecule has 1 aliphatic rings. The number of hydrogen-bond acceptors (Lipinski definition) is 5. The number of primary amides is 1. The van der Waals surface area contributed by atoms with E-state index in [9.17, 15) is 9.59 Å². The maximum absolute atomic E-state index is 13.6. The predicted octanol–water partition coefficient (Wildman–Crippen LogP) is 3.95. The standard InChI is InChI=1S/C26H29N5O2/c1-3-31(21-13-7-9-18(2)15-21)25-22(16-28-24(29-25)19-10-5-4-6-11-19)26(33)30-14-8-12-20(17-30)23(27)32/h4-7,9-11,13,15-16,20H,3,8,12,14,17H2,1-2H3,(H2,27,32). The molecule has 170 valence electrons. The monoisotopic (exact) mass is 443 g/mol. The molecule has 2 amide bonds. The van der Waals surface area contributed by atoms with Crippen LogP contribution in [0.4, 0.5) is 11.5 Å². The van der Waals surface area contributed by atoms with Crippen LogP contribution in [-0.4, -0.2) is 46.3 Å². The van der Waals surface area contributed by atoms with E-state index in [-0.39, 0.29) is 17.7 Å². The highest BCUT2D eigenvalue weighted by molar-refractivity contribution is 6.00. The summed E-state index contributed by atoms with van der Waals surface area (Å²) < 4.78 is 0. The number of aromatic nitrogens is 2. The third-order valence-corrected chi connectivity index (χ3v) is 6.03. The molecule has 3 aromatic rings. The molecule has 1 aromatic heterocycles. The van der Waals surface area contributed by atoms with Gasteiger partial charge in [-0.15, -0.1) is 0 Å². The minimum Gasteiger partial charge on any atom is -0.369 e. The number of piperidine rings is 1. The zero-order valence-corrected chi connectivity index (χ0v) is 19.1. The van der Waals surface area contributed by atoms with E-state index < -0.39 is 0 Å². The Morgan fingerprint density at radius 1 is 1.15 bits per heavy atom. The quantitative estimate of drug-likeness (QED) is 0.623. The van der Waals surface area contributed by atoms with Crippen LogP contribution >= 0.6 is 0 Å². The van der Waals surface area contributed by atoms with Gasteiger partial charge < -0.3 is 15.5 Å². The summed E-state index contributed by atoms with van der Waals surface area (Å²) in [5.74, 6) is 0.250. The average molecular weight is 444 g/mol. The van der Waals surface area contributed by atoms with Crippen molar-refractivity contribution in [3.05, 3.63) is 71.9 Å². The van der Waals surface area contributed by atoms with E-state index in [1.54, 1.807) is 11.1 Å². The number of benzene rings is 2. The molecule has 2 heterocycles. The van der Waals surface area contributed by atoms with Crippen LogP contribution in [0.3, 0.4) is 0 Å². The summed E-state index contributed by atoms with van der Waals surface area (Å²) >= 11 is 0. The topological polar surface area (TPSA) is 92.4 Å². The molecule has 0 saturated carbocycles. The van der Waals surface area contributed by atoms with Gasteiger partial charge in [0.15, 0.2) is 5.82 Å². The molecule has 4 rings (SSSR count). The first-order valence-corrected chi connectivity index (χ1v) is 11.3. The SMILES string of the molecule is CCN(c1cccc(C)c1)c1nc(-c2ccccc2)ncc1C(=O)N1CCCC(C(N)=O)C1. The molecular weight excluding hydrogens is 414 g/mol. The Kier molecular flexibility index (Phi) is 6.68. The highest BCUT2D eigenvalue weighted by Gasteiger charge is 2.30. The van der Waals surface area contributed by atoms with Crippen LogP contribution in [0.25, 0.3) is 11.4 Å². The Hall–Kier alpha value is -3.74. The summed E-state index contributed by atoms with van der Waals surface area (Å²) in [7, 11) is 0. The van der Waals surface area contributed by atoms with Gasteiger partial charge >= 0.3 is 0 Å². The molecule has 1 fully saturated rings. The fourth-order valence-corrected chi connectivity index (χ4v) is 4.27. The summed E-state index contributed by atoms with van der Waals surface area (Å²) in [6.07, 6.45) is 3.06. The van der Waals surface area contributed by atoms with Gasteiger partial charge in [0, 0.05) is 37.1 Å². The highest BCUT2D eigenvalue weighted by atomic mass is 16.2. The van der Waals surface area contributed by atoms with Crippen molar-refractivity contribution in [1.29, 1.82) is 0 Å². The largest absolute Gasteiger partial charge is 0.369 e. The average Bonchev–Trinajstić information content (AvgIpc) is 2.85. The lowest BCUT2D eigenvalue weighted by atomic mass is 9.97. The minimum atomic E-state index is -0.363. The fourth-order valence-electron chi connectivity index (χ4n) is 4.27. The second-order valence-electron chi connectivity index (χ2n) is 8.37. The molecular formula is C26H29N5O2. The van der Waals surface area contributed by atoms with Gasteiger partial charge in [0.25, 0.3) is 5.91 Å². The summed E-state index contributed by atoms with van der Waals surface area (Å²) in [6, 6.07) is 17.8. The van der Waals surface area contributed by atoms with Gasteiger partial charge in [0.2, 0.25) is 5.91 Å². The number of nitrogens with two attached hydrogens (primary N) is 1. The number of aryl methyl sites for hydroxylation is 1. The van der Waals surface area contributed by atoms with E-state index in [4.69, 9.17) is 10.7 Å². The molecule has 2 aromatic carbocycles. The first kappa shape index (κ1) is 22.5. The molecule has 7 heteroatoms. The van der Waals surface area contributed by atoms with Crippen LogP contribution in [0.1, 0.15) is 35.7 Å². The Bertz CT molecular complexity index is 1150. The van der Waals surface area contributed by atoms with Gasteiger partial charge in [-0.2, -0.15) is 0 Å². The van der Waals surface area contributed by atoms with Crippen molar-refractivity contribution in [3.8, 4) is 11.4 Å². The Labute approximate surface area is 194 Å². The van der Waals surface area contributed by atoms with Crippen LogP contribution in [-0.2, 0) is 4.79 Å². The molecule has 2 N–H and O–H groups in total. The third kappa shape index (κ3) is 4.87. The first-order valence-electron chi connectivity index (χ1n) is 11.3. The van der Waals surface area contributed by atoms with E-state index >= 15 is 0 Å². The summed E-state index contributed by atoms with van der Waals surface area (Å²) in [5.41, 5.74) is 8.91. The lowest BCUT2D eigenvalue weighted by Gasteiger charge is -2.32. The molecule has 0 spiro atoms. The number of anilines is 2. The van der Waals surface area contributed by atoms with Gasteiger partial charge in [0.1, 0.15) is 11.4 Å². The molecule has 1 aliphatic heterocycles. The molecule has 1 saturated heterocycles. The maximum atomic E-state index is 13.6. The van der Waals surface area contributed by atoms with Crippen LogP contribution in [0.15, 0.2) is 60.8 Å². The minimum absolute atomic E-state index is 0.179. The lowest BCUT2D eigenvalue weighted by Crippen LogP contribution is -2.44. The number of rotatable bonds is 6. The third-order valence-electron chi connectivity index (χ3n) is 6.03. The van der Waals surface area contributed by atoms with Gasteiger partial charge in [-0.3, -0.25) is 9.59 Å². The van der Waals surface area contributed by atoms with Gasteiger partial charge in [0.05, 0.1) is 5.92 Å². The summed E-state index contributed by atoms with van der Waals surface area (Å²) in [4.78, 5) is 38.5. The molecule has 7 nitrogen and oxygen atoms in total. The number of amides is 2. The number of hydrogen-bond donors (Lipinski definition) is 1. The summed E-state index contributed by atoms with van der Waals surface area (Å²) in [5, 5.41) is 0. The Morgan fingerprint density at radius 2 is 1.94 bits per heavy atom. The smallest absolute Gasteiger partial charge is 0.259 e. The van der Waals surface area contributed by atoms with Crippen LogP contribution in [0.2, 0.25) is 0 Å². The van der Waals surface area contributed by atoms with Crippen LogP contribution < -0.4 is 10.6 Å². The zero-order chi connectivity index (χ0) is 23.4. The van der Waals surface area contributed by atoms with E-state index in [0.717, 1.165) is 23.2 Å². The number of likely N-dealkylation sites (tertiary alicyclic amines) is 1. The molecule has 33 heavy (non-hydrogen) atoms. The predicted molar refractivity (Wildman–Crippen MR) is 129 cm³/mol. The van der Waals surface area contributed by atoms with E-state index in [1.807, 2.05) is 67.3 Å². The van der Waals surface area contributed by atoms with Gasteiger partial charge in [-0.25, -0.2) is 9.97 Å². The highest BCUT2D eigenvalue weighted by Crippen LogP contribution is 2.31. The van der Waals surface area contributed by atoms with Crippen molar-refractivity contribution in [2.24, 2.45) is 11.7 Å². The molecule has 1 unspecified atom stereocenters. The van der Waals surface area contributed by atoms with Crippen molar-refractivity contribution in [2.75, 3.05) is 24.5 Å². The van der Waals surface area contributed by atoms with E-state index in [0.29, 0.717) is 43.3 Å². The molecule has 1 atom stereocenters. The van der Waals surface area contributed by atoms with Gasteiger partial charge in [-0.1, -0.05) is 42.5 Å². The van der Waals surface area contributed by atoms with Gasteiger partial charge in [-0.05, 0) is 44.4 Å². The second-order valence-corrected chi connectivity index (χ2v) is 8.37. The van der Waals surface area contributed by atoms with E-state index in [1.165, 1.54) is 0 Å². The lowest BCUT2D eigenvalue weighted by molar-refractivity contribution is -0.123. The molecule has 0 radical (unpaired) electrons. The summed E-state index contributed by atoms with van der Waals surface area (Å²) in [6.45, 7) is 5.60. The first-order chi connectivity index (χ1) is 16.0. The van der Waals surface area contributed by atoms with Crippen molar-refractivity contribution in [3.63, 3.8) is 0 Å². The number of carbonyl (C=O) groups excluding carboxylic acids is 2.